The van der Waals surface area contributed by atoms with Crippen LogP contribution in [0.3, 0.4) is 0 Å². The summed E-state index contributed by atoms with van der Waals surface area (Å²) < 4.78 is 11.9. The molecule has 21 heavy (non-hydrogen) atoms. The molecule has 1 fully saturated rings. The minimum absolute atomic E-state index is 0.107. The second-order valence-electron chi connectivity index (χ2n) is 6.41. The van der Waals surface area contributed by atoms with Crippen molar-refractivity contribution in [3.05, 3.63) is 40.9 Å². The van der Waals surface area contributed by atoms with Crippen molar-refractivity contribution in [3.63, 3.8) is 0 Å². The maximum atomic E-state index is 9.66. The first-order valence-corrected chi connectivity index (χ1v) is 7.25. The molecule has 0 spiro atoms. The Morgan fingerprint density at radius 3 is 2.38 bits per heavy atom. The van der Waals surface area contributed by atoms with Crippen LogP contribution in [0.1, 0.15) is 38.8 Å². The minimum Gasteiger partial charge on any atom is -0.400 e. The second kappa shape index (κ2) is 5.93. The average molecular weight is 289 g/mol. The van der Waals surface area contributed by atoms with Gasteiger partial charge in [-0.05, 0) is 44.3 Å². The minimum atomic E-state index is -0.526. The van der Waals surface area contributed by atoms with Crippen LogP contribution < -0.4 is 5.73 Å². The molecule has 2 rings (SSSR count). The van der Waals surface area contributed by atoms with E-state index in [1.807, 2.05) is 58.0 Å². The van der Waals surface area contributed by atoms with Crippen LogP contribution >= 0.6 is 0 Å². The van der Waals surface area contributed by atoms with E-state index in [0.29, 0.717) is 12.0 Å². The third kappa shape index (κ3) is 3.38. The summed E-state index contributed by atoms with van der Waals surface area (Å²) >= 11 is 0. The molecule has 0 aromatic heterocycles. The van der Waals surface area contributed by atoms with E-state index < -0.39 is 18.3 Å². The van der Waals surface area contributed by atoms with Crippen LogP contribution in [0.25, 0.3) is 6.08 Å². The molecule has 1 aliphatic heterocycles. The summed E-state index contributed by atoms with van der Waals surface area (Å²) in [5, 5.41) is 9.66. The van der Waals surface area contributed by atoms with Crippen LogP contribution in [0, 0.1) is 0 Å². The molecule has 1 aromatic carbocycles. The van der Waals surface area contributed by atoms with Crippen molar-refractivity contribution in [2.45, 2.75) is 45.4 Å². The normalized spacial score (nSPS) is 20.9. The molecule has 0 atom stereocenters. The van der Waals surface area contributed by atoms with Gasteiger partial charge in [0.1, 0.15) is 0 Å². The fourth-order valence-corrected chi connectivity index (χ4v) is 2.21. The lowest BCUT2D eigenvalue weighted by Gasteiger charge is -2.32. The van der Waals surface area contributed by atoms with Gasteiger partial charge in [0.05, 0.1) is 17.8 Å². The average Bonchev–Trinajstić information content (AvgIpc) is 2.65. The standard InChI is InChI=1S/C16H24BNO3/c1-15(2)16(3,4)21-17(20-15)14(11-19)9-12-6-5-7-13(8-12)10-18/h5-9,19H,10-11,18H2,1-4H3. The topological polar surface area (TPSA) is 64.7 Å². The van der Waals surface area contributed by atoms with Crippen LogP contribution in [-0.4, -0.2) is 30.0 Å². The zero-order valence-corrected chi connectivity index (χ0v) is 13.2. The van der Waals surface area contributed by atoms with E-state index in [-0.39, 0.29) is 6.61 Å². The molecule has 0 aliphatic carbocycles. The van der Waals surface area contributed by atoms with E-state index in [0.717, 1.165) is 11.1 Å². The number of hydrogen-bond donors (Lipinski definition) is 2. The molecule has 3 N–H and O–H groups in total. The van der Waals surface area contributed by atoms with Crippen LogP contribution in [0.15, 0.2) is 29.7 Å². The molecule has 0 amide bonds. The fraction of sp³-hybridized carbons (Fsp3) is 0.500. The summed E-state index contributed by atoms with van der Waals surface area (Å²) in [6, 6.07) is 7.90. The van der Waals surface area contributed by atoms with Crippen LogP contribution in [0.5, 0.6) is 0 Å². The van der Waals surface area contributed by atoms with E-state index in [4.69, 9.17) is 15.0 Å². The summed E-state index contributed by atoms with van der Waals surface area (Å²) in [6.07, 6.45) is 1.90. The first kappa shape index (κ1) is 16.2. The molecule has 1 aromatic rings. The zero-order chi connectivity index (χ0) is 15.7. The van der Waals surface area contributed by atoms with Gasteiger partial charge in [0.15, 0.2) is 0 Å². The first-order chi connectivity index (χ1) is 9.79. The van der Waals surface area contributed by atoms with Crippen molar-refractivity contribution in [1.82, 2.24) is 0 Å². The van der Waals surface area contributed by atoms with E-state index in [1.165, 1.54) is 0 Å². The predicted molar refractivity (Wildman–Crippen MR) is 85.5 cm³/mol. The van der Waals surface area contributed by atoms with E-state index >= 15 is 0 Å². The van der Waals surface area contributed by atoms with Crippen LogP contribution in [-0.2, 0) is 15.9 Å². The lowest BCUT2D eigenvalue weighted by atomic mass is 9.77. The smallest absolute Gasteiger partial charge is 0.400 e. The summed E-state index contributed by atoms with van der Waals surface area (Å²) in [5.74, 6) is 0. The summed E-state index contributed by atoms with van der Waals surface area (Å²) in [7, 11) is -0.526. The highest BCUT2D eigenvalue weighted by Crippen LogP contribution is 2.38. The molecule has 0 radical (unpaired) electrons. The predicted octanol–water partition coefficient (Wildman–Crippen LogP) is 2.15. The van der Waals surface area contributed by atoms with Gasteiger partial charge in [0, 0.05) is 6.54 Å². The monoisotopic (exact) mass is 289 g/mol. The van der Waals surface area contributed by atoms with E-state index in [9.17, 15) is 5.11 Å². The Kier molecular flexibility index (Phi) is 4.59. The molecule has 1 saturated heterocycles. The third-order valence-corrected chi connectivity index (χ3v) is 4.28. The van der Waals surface area contributed by atoms with Gasteiger partial charge in [-0.15, -0.1) is 0 Å². The van der Waals surface area contributed by atoms with Crippen LogP contribution in [0.4, 0.5) is 0 Å². The van der Waals surface area contributed by atoms with Gasteiger partial charge in [-0.3, -0.25) is 0 Å². The molecule has 5 heteroatoms. The van der Waals surface area contributed by atoms with Crippen molar-refractivity contribution in [2.75, 3.05) is 6.61 Å². The highest BCUT2D eigenvalue weighted by atomic mass is 16.7. The second-order valence-corrected chi connectivity index (χ2v) is 6.41. The SMILES string of the molecule is CC1(C)OB(C(=Cc2cccc(CN)c2)CO)OC1(C)C. The van der Waals surface area contributed by atoms with Gasteiger partial charge in [-0.1, -0.05) is 30.3 Å². The highest BCUT2D eigenvalue weighted by Gasteiger charge is 2.52. The van der Waals surface area contributed by atoms with Gasteiger partial charge in [-0.25, -0.2) is 0 Å². The van der Waals surface area contributed by atoms with Gasteiger partial charge < -0.3 is 20.1 Å². The van der Waals surface area contributed by atoms with Gasteiger partial charge in [0.2, 0.25) is 0 Å². The Hall–Kier alpha value is -1.14. The number of hydrogen-bond acceptors (Lipinski definition) is 4. The number of aliphatic hydroxyl groups is 1. The van der Waals surface area contributed by atoms with Gasteiger partial charge in [0.25, 0.3) is 0 Å². The molecule has 4 nitrogen and oxygen atoms in total. The van der Waals surface area contributed by atoms with E-state index in [1.54, 1.807) is 0 Å². The van der Waals surface area contributed by atoms with Gasteiger partial charge >= 0.3 is 7.12 Å². The molecule has 0 saturated carbocycles. The van der Waals surface area contributed by atoms with E-state index in [2.05, 4.69) is 0 Å². The Balaban J connectivity index is 2.26. The van der Waals surface area contributed by atoms with Crippen LogP contribution in [0.2, 0.25) is 0 Å². The third-order valence-electron chi connectivity index (χ3n) is 4.28. The number of rotatable bonds is 4. The summed E-state index contributed by atoms with van der Waals surface area (Å²) in [5.41, 5.74) is 7.58. The van der Waals surface area contributed by atoms with Crippen molar-refractivity contribution >= 4 is 13.2 Å². The Bertz CT molecular complexity index is 524. The molecule has 114 valence electrons. The Labute approximate surface area is 127 Å². The van der Waals surface area contributed by atoms with Crippen molar-refractivity contribution < 1.29 is 14.4 Å². The first-order valence-electron chi connectivity index (χ1n) is 7.25. The highest BCUT2D eigenvalue weighted by molar-refractivity contribution is 6.55. The zero-order valence-electron chi connectivity index (χ0n) is 13.2. The summed E-state index contributed by atoms with van der Waals surface area (Å²) in [6.45, 7) is 8.37. The van der Waals surface area contributed by atoms with Gasteiger partial charge in [-0.2, -0.15) is 0 Å². The molecule has 1 aliphatic rings. The molecular formula is C16H24BNO3. The lowest BCUT2D eigenvalue weighted by Crippen LogP contribution is -2.41. The van der Waals surface area contributed by atoms with Crippen molar-refractivity contribution in [3.8, 4) is 0 Å². The Morgan fingerprint density at radius 1 is 1.24 bits per heavy atom. The van der Waals surface area contributed by atoms with Crippen molar-refractivity contribution in [1.29, 1.82) is 0 Å². The number of benzene rings is 1. The maximum Gasteiger partial charge on any atom is 0.492 e. The quantitative estimate of drug-likeness (QED) is 0.834. The number of aliphatic hydroxyl groups excluding tert-OH is 1. The summed E-state index contributed by atoms with van der Waals surface area (Å²) in [4.78, 5) is 0. The van der Waals surface area contributed by atoms with Crippen molar-refractivity contribution in [2.24, 2.45) is 5.73 Å². The fourth-order valence-electron chi connectivity index (χ4n) is 2.21. The molecular weight excluding hydrogens is 265 g/mol. The molecule has 1 heterocycles. The molecule has 0 unspecified atom stereocenters. The maximum absolute atomic E-state index is 9.66. The molecule has 0 bridgehead atoms. The largest absolute Gasteiger partial charge is 0.492 e. The Morgan fingerprint density at radius 2 is 1.86 bits per heavy atom. The lowest BCUT2D eigenvalue weighted by molar-refractivity contribution is 0.00578. The number of nitrogens with two attached hydrogens (primary N) is 1.